The highest BCUT2D eigenvalue weighted by Crippen LogP contribution is 2.42. The van der Waals surface area contributed by atoms with Gasteiger partial charge < -0.3 is 24.6 Å². The van der Waals surface area contributed by atoms with E-state index in [4.69, 9.17) is 19.6 Å². The minimum absolute atomic E-state index is 0.126. The number of carbonyl (C=O) groups is 1. The number of fused-ring (bicyclic) bond motifs is 1. The number of carboxylic acid groups (broad SMARTS) is 1. The van der Waals surface area contributed by atoms with Gasteiger partial charge in [-0.2, -0.15) is 0 Å². The average molecular weight is 525 g/mol. The van der Waals surface area contributed by atoms with Gasteiger partial charge in [0.1, 0.15) is 5.82 Å². The lowest BCUT2D eigenvalue weighted by atomic mass is 9.93. The highest BCUT2D eigenvalue weighted by atomic mass is 31.2. The van der Waals surface area contributed by atoms with Crippen molar-refractivity contribution in [2.45, 2.75) is 32.3 Å². The average Bonchev–Trinajstić information content (AvgIpc) is 3.30. The predicted octanol–water partition coefficient (Wildman–Crippen LogP) is 4.82. The van der Waals surface area contributed by atoms with Crippen molar-refractivity contribution in [3.8, 4) is 45.5 Å². The van der Waals surface area contributed by atoms with Gasteiger partial charge in [0.25, 0.3) is 7.37 Å². The van der Waals surface area contributed by atoms with Crippen LogP contribution in [0.5, 0.6) is 11.5 Å². The van der Waals surface area contributed by atoms with Gasteiger partial charge in [0.2, 0.25) is 6.79 Å². The standard InChI is InChI=1S/C27H25FNO7P/c1-16(2)27-21(9-10-37(33,34)14-20(30)12-26(31)32)22(17-3-6-19(28)7-4-17)13-23(29-27)18-5-8-24-25(11-18)36-15-35-24/h3-8,11,13,16,20,30H,12,14-15H2,1-2H3,(H,31,32)(H,33,34)/t20-/m0/s1. The van der Waals surface area contributed by atoms with Crippen molar-refractivity contribution >= 4 is 13.3 Å². The molecule has 1 aromatic heterocycles. The molecule has 3 aromatic rings. The SMILES string of the molecule is CC(C)c1nc(-c2ccc3c(c2)OCO3)cc(-c2ccc(F)cc2)c1C#CP(=O)(O)C[C@@H](O)CC(=O)O. The van der Waals surface area contributed by atoms with E-state index in [2.05, 4.69) is 11.6 Å². The normalized spacial score (nSPS) is 14.5. The molecule has 0 saturated carbocycles. The molecule has 2 atom stereocenters. The quantitative estimate of drug-likeness (QED) is 0.296. The lowest BCUT2D eigenvalue weighted by molar-refractivity contribution is -0.138. The van der Waals surface area contributed by atoms with Crippen LogP contribution in [0, 0.1) is 17.4 Å². The Morgan fingerprint density at radius 2 is 1.78 bits per heavy atom. The first-order chi connectivity index (χ1) is 17.5. The maximum absolute atomic E-state index is 13.7. The number of ether oxygens (including phenoxy) is 2. The highest BCUT2D eigenvalue weighted by Gasteiger charge is 2.24. The van der Waals surface area contributed by atoms with E-state index in [1.807, 2.05) is 19.9 Å². The van der Waals surface area contributed by atoms with Gasteiger partial charge >= 0.3 is 5.97 Å². The largest absolute Gasteiger partial charge is 0.481 e. The van der Waals surface area contributed by atoms with Crippen molar-refractivity contribution in [1.82, 2.24) is 4.98 Å². The molecule has 3 N–H and O–H groups in total. The maximum atomic E-state index is 13.7. The molecule has 0 spiro atoms. The number of aliphatic hydroxyl groups excluding tert-OH is 1. The van der Waals surface area contributed by atoms with Gasteiger partial charge in [-0.15, -0.1) is 0 Å². The minimum Gasteiger partial charge on any atom is -0.481 e. The Morgan fingerprint density at radius 3 is 2.46 bits per heavy atom. The van der Waals surface area contributed by atoms with Gasteiger partial charge in [0, 0.05) is 11.1 Å². The molecular formula is C27H25FNO7P. The van der Waals surface area contributed by atoms with E-state index >= 15 is 0 Å². The van der Waals surface area contributed by atoms with Crippen molar-refractivity contribution in [2.24, 2.45) is 0 Å². The van der Waals surface area contributed by atoms with E-state index in [0.29, 0.717) is 39.6 Å². The molecule has 0 aliphatic carbocycles. The third-order valence-corrected chi connectivity index (χ3v) is 7.02. The summed E-state index contributed by atoms with van der Waals surface area (Å²) in [5, 5.41) is 18.7. The zero-order valence-electron chi connectivity index (χ0n) is 20.1. The van der Waals surface area contributed by atoms with Gasteiger partial charge in [0.15, 0.2) is 11.5 Å². The monoisotopic (exact) mass is 525 g/mol. The fraction of sp³-hybridized carbons (Fsp3) is 0.259. The number of hydrogen-bond acceptors (Lipinski definition) is 6. The topological polar surface area (TPSA) is 126 Å². The minimum atomic E-state index is -4.21. The summed E-state index contributed by atoms with van der Waals surface area (Å²) < 4.78 is 37.3. The summed E-state index contributed by atoms with van der Waals surface area (Å²) in [6.45, 7) is 3.93. The Hall–Kier alpha value is -3.70. The number of halogens is 1. The van der Waals surface area contributed by atoms with Gasteiger partial charge in [-0.05, 0) is 53.5 Å². The van der Waals surface area contributed by atoms with Crippen LogP contribution in [0.4, 0.5) is 4.39 Å². The van der Waals surface area contributed by atoms with Crippen LogP contribution in [0.2, 0.25) is 0 Å². The van der Waals surface area contributed by atoms with E-state index in [1.54, 1.807) is 30.3 Å². The second-order valence-electron chi connectivity index (χ2n) is 8.92. The molecule has 1 aliphatic rings. The first-order valence-corrected chi connectivity index (χ1v) is 13.3. The number of rotatable bonds is 7. The van der Waals surface area contributed by atoms with Crippen molar-refractivity contribution in [3.63, 3.8) is 0 Å². The van der Waals surface area contributed by atoms with Crippen molar-refractivity contribution in [3.05, 3.63) is 65.6 Å². The summed E-state index contributed by atoms with van der Waals surface area (Å²) in [5.41, 5.74) is 5.82. The fourth-order valence-electron chi connectivity index (χ4n) is 3.92. The third kappa shape index (κ3) is 6.36. The second-order valence-corrected chi connectivity index (χ2v) is 10.9. The number of pyridine rings is 1. The van der Waals surface area contributed by atoms with Crippen LogP contribution in [0.15, 0.2) is 48.5 Å². The van der Waals surface area contributed by atoms with Crippen molar-refractivity contribution in [2.75, 3.05) is 13.0 Å². The number of aliphatic hydroxyl groups is 1. The van der Waals surface area contributed by atoms with E-state index in [9.17, 15) is 23.7 Å². The van der Waals surface area contributed by atoms with E-state index in [0.717, 1.165) is 5.56 Å². The summed E-state index contributed by atoms with van der Waals surface area (Å²) >= 11 is 0. The fourth-order valence-corrected chi connectivity index (χ4v) is 4.99. The van der Waals surface area contributed by atoms with Crippen LogP contribution < -0.4 is 9.47 Å². The van der Waals surface area contributed by atoms with Gasteiger partial charge in [0.05, 0.1) is 35.6 Å². The zero-order chi connectivity index (χ0) is 26.7. The molecule has 0 fully saturated rings. The molecule has 0 radical (unpaired) electrons. The third-order valence-electron chi connectivity index (χ3n) is 5.64. The molecule has 0 amide bonds. The van der Waals surface area contributed by atoms with E-state index in [-0.39, 0.29) is 12.7 Å². The molecular weight excluding hydrogens is 500 g/mol. The van der Waals surface area contributed by atoms with Crippen LogP contribution in [-0.4, -0.2) is 45.1 Å². The zero-order valence-corrected chi connectivity index (χ0v) is 21.0. The van der Waals surface area contributed by atoms with Crippen LogP contribution >= 0.6 is 7.37 Å². The highest BCUT2D eigenvalue weighted by molar-refractivity contribution is 7.63. The van der Waals surface area contributed by atoms with Crippen LogP contribution in [0.25, 0.3) is 22.4 Å². The molecule has 1 aliphatic heterocycles. The second kappa shape index (κ2) is 10.7. The number of aromatic nitrogens is 1. The molecule has 8 nitrogen and oxygen atoms in total. The molecule has 0 bridgehead atoms. The number of hydrogen-bond donors (Lipinski definition) is 3. The summed E-state index contributed by atoms with van der Waals surface area (Å²) in [6, 6.07) is 13.0. The predicted molar refractivity (Wildman–Crippen MR) is 135 cm³/mol. The van der Waals surface area contributed by atoms with Gasteiger partial charge in [-0.25, -0.2) is 4.39 Å². The van der Waals surface area contributed by atoms with Crippen LogP contribution in [0.1, 0.15) is 37.4 Å². The summed E-state index contributed by atoms with van der Waals surface area (Å²) in [6.07, 6.45) is -2.87. The molecule has 10 heteroatoms. The molecule has 4 rings (SSSR count). The van der Waals surface area contributed by atoms with E-state index < -0.39 is 37.8 Å². The lowest BCUT2D eigenvalue weighted by Gasteiger charge is -2.16. The number of benzene rings is 2. The number of aliphatic carboxylic acids is 1. The number of nitrogens with zero attached hydrogens (tertiary/aromatic N) is 1. The van der Waals surface area contributed by atoms with Crippen LogP contribution in [0.3, 0.4) is 0 Å². The van der Waals surface area contributed by atoms with Crippen molar-refractivity contribution in [1.29, 1.82) is 0 Å². The first-order valence-electron chi connectivity index (χ1n) is 11.5. The molecule has 1 unspecified atom stereocenters. The molecule has 192 valence electrons. The molecule has 2 aromatic carbocycles. The molecule has 37 heavy (non-hydrogen) atoms. The summed E-state index contributed by atoms with van der Waals surface area (Å²) in [7, 11) is -4.21. The van der Waals surface area contributed by atoms with Gasteiger partial charge in [-0.3, -0.25) is 14.3 Å². The van der Waals surface area contributed by atoms with E-state index in [1.165, 1.54) is 12.1 Å². The van der Waals surface area contributed by atoms with Crippen molar-refractivity contribution < 1.29 is 38.3 Å². The number of carboxylic acids is 1. The Labute approximate surface area is 213 Å². The Kier molecular flexibility index (Phi) is 7.65. The maximum Gasteiger partial charge on any atom is 0.305 e. The first kappa shape index (κ1) is 26.4. The van der Waals surface area contributed by atoms with Gasteiger partial charge in [-0.1, -0.05) is 31.9 Å². The molecule has 2 heterocycles. The Bertz CT molecular complexity index is 1440. The molecule has 0 saturated heterocycles. The Balaban J connectivity index is 1.85. The Morgan fingerprint density at radius 1 is 1.11 bits per heavy atom. The smallest absolute Gasteiger partial charge is 0.305 e. The summed E-state index contributed by atoms with van der Waals surface area (Å²) in [4.78, 5) is 26.0. The summed E-state index contributed by atoms with van der Waals surface area (Å²) in [5.74, 6) is 2.13. The lowest BCUT2D eigenvalue weighted by Crippen LogP contribution is -2.17. The van der Waals surface area contributed by atoms with Crippen LogP contribution in [-0.2, 0) is 9.36 Å².